The number of hydroxylamine groups is 2. The van der Waals surface area contributed by atoms with Crippen molar-refractivity contribution < 1.29 is 32.4 Å². The van der Waals surface area contributed by atoms with E-state index in [4.69, 9.17) is 0 Å². The highest BCUT2D eigenvalue weighted by atomic mass is 19.4. The van der Waals surface area contributed by atoms with E-state index in [1.54, 1.807) is 37.2 Å². The molecule has 2 amide bonds. The summed E-state index contributed by atoms with van der Waals surface area (Å²) in [6.07, 6.45) is -0.956. The molecule has 2 aromatic carbocycles. The largest absolute Gasteiger partial charge is 0.493 e. The Morgan fingerprint density at radius 2 is 1.79 bits per heavy atom. The average molecular weight is 530 g/mol. The molecule has 3 aromatic rings. The number of likely N-dealkylation sites (N-methyl/N-ethyl adjacent to an activating group) is 1. The number of nitrogens with zero attached hydrogens (tertiary/aromatic N) is 4. The van der Waals surface area contributed by atoms with E-state index >= 15 is 0 Å². The summed E-state index contributed by atoms with van der Waals surface area (Å²) in [4.78, 5) is 44.2. The summed E-state index contributed by atoms with van der Waals surface area (Å²) in [5.74, 6) is -2.38. The first kappa shape index (κ1) is 25.7. The highest BCUT2D eigenvalue weighted by Gasteiger charge is 2.46. The van der Waals surface area contributed by atoms with Crippen LogP contribution < -0.4 is 5.32 Å². The van der Waals surface area contributed by atoms with Crippen LogP contribution in [0.2, 0.25) is 0 Å². The molecule has 0 spiro atoms. The Morgan fingerprint density at radius 1 is 1.08 bits per heavy atom. The topological polar surface area (TPSA) is 96.8 Å². The number of anilines is 1. The zero-order valence-corrected chi connectivity index (χ0v) is 20.8. The van der Waals surface area contributed by atoms with Crippen molar-refractivity contribution in [3.63, 3.8) is 0 Å². The zero-order valence-electron chi connectivity index (χ0n) is 20.8. The van der Waals surface area contributed by atoms with Crippen molar-refractivity contribution >= 4 is 34.5 Å². The molecule has 0 radical (unpaired) electrons. The van der Waals surface area contributed by atoms with Gasteiger partial charge in [-0.2, -0.15) is 23.0 Å². The molecule has 2 aliphatic rings. The predicted octanol–water partition coefficient (Wildman–Crippen LogP) is 4.66. The van der Waals surface area contributed by atoms with Gasteiger partial charge in [-0.3, -0.25) is 4.79 Å². The van der Waals surface area contributed by atoms with Crippen LogP contribution in [-0.4, -0.2) is 64.5 Å². The Morgan fingerprint density at radius 3 is 2.47 bits per heavy atom. The van der Waals surface area contributed by atoms with E-state index in [1.165, 1.54) is 16.9 Å². The Hall–Kier alpha value is -3.93. The molecule has 9 nitrogen and oxygen atoms in total. The average Bonchev–Trinajstić information content (AvgIpc) is 3.45. The van der Waals surface area contributed by atoms with Crippen LogP contribution in [0, 0.1) is 0 Å². The summed E-state index contributed by atoms with van der Waals surface area (Å²) in [6.45, 7) is 0.0957. The Balaban J connectivity index is 1.46. The second kappa shape index (κ2) is 9.75. The van der Waals surface area contributed by atoms with Gasteiger partial charge >= 0.3 is 18.2 Å². The number of urea groups is 1. The number of halogens is 3. The van der Waals surface area contributed by atoms with Gasteiger partial charge in [-0.25, -0.2) is 9.59 Å². The normalized spacial score (nSPS) is 16.9. The van der Waals surface area contributed by atoms with Gasteiger partial charge in [-0.1, -0.05) is 24.3 Å². The van der Waals surface area contributed by atoms with Crippen molar-refractivity contribution in [2.45, 2.75) is 43.8 Å². The predicted molar refractivity (Wildman–Crippen MR) is 131 cm³/mol. The second-order valence-electron chi connectivity index (χ2n) is 9.80. The lowest BCUT2D eigenvalue weighted by Crippen LogP contribution is -2.42. The van der Waals surface area contributed by atoms with E-state index in [0.29, 0.717) is 40.3 Å². The number of hydrogen-bond acceptors (Lipinski definition) is 6. The highest BCUT2D eigenvalue weighted by Crippen LogP contribution is 2.47. The number of fused-ring (bicyclic) bond motifs is 2. The highest BCUT2D eigenvalue weighted by molar-refractivity contribution is 6.03. The van der Waals surface area contributed by atoms with Crippen molar-refractivity contribution in [1.29, 1.82) is 0 Å². The molecule has 38 heavy (non-hydrogen) atoms. The number of rotatable bonds is 5. The number of hydrogen-bond donors (Lipinski definition) is 1. The maximum absolute atomic E-state index is 13.4. The van der Waals surface area contributed by atoms with Crippen LogP contribution >= 0.6 is 0 Å². The van der Waals surface area contributed by atoms with Gasteiger partial charge in [-0.15, -0.1) is 5.06 Å². The lowest BCUT2D eigenvalue weighted by Gasteiger charge is -2.28. The monoisotopic (exact) mass is 529 g/mol. The van der Waals surface area contributed by atoms with Gasteiger partial charge in [0.25, 0.3) is 5.91 Å². The molecule has 200 valence electrons. The maximum Gasteiger partial charge on any atom is 0.493 e. The summed E-state index contributed by atoms with van der Waals surface area (Å²) in [7, 11) is 3.47. The number of aromatic nitrogens is 2. The molecule has 0 aliphatic heterocycles. The van der Waals surface area contributed by atoms with Crippen molar-refractivity contribution in [3.05, 3.63) is 59.3 Å². The van der Waals surface area contributed by atoms with Crippen molar-refractivity contribution in [3.8, 4) is 0 Å². The fourth-order valence-electron chi connectivity index (χ4n) is 4.94. The molecule has 1 heterocycles. The van der Waals surface area contributed by atoms with E-state index < -0.39 is 24.2 Å². The second-order valence-corrected chi connectivity index (χ2v) is 9.80. The van der Waals surface area contributed by atoms with Gasteiger partial charge < -0.3 is 15.1 Å². The molecule has 1 unspecified atom stereocenters. The molecule has 2 aliphatic carbocycles. The molecular formula is C26H26F3N5O4. The third-order valence-electron chi connectivity index (χ3n) is 6.73. The minimum atomic E-state index is -5.29. The smallest absolute Gasteiger partial charge is 0.327 e. The Labute approximate surface area is 216 Å². The van der Waals surface area contributed by atoms with Crippen molar-refractivity contribution in [1.82, 2.24) is 19.7 Å². The minimum Gasteiger partial charge on any atom is -0.327 e. The standard InChI is InChI=1S/C26H26F3N5O4/c1-32(2)14-23(35)33-21-8-4-7-20(19(21)13-30-33)31-25(37)34(38-24(36)26(27,28)29)22-12-11-17-16(15-9-10-15)5-3-6-18(17)22/h3-8,13,15,22H,9-12,14H2,1-2H3,(H,31,37). The van der Waals surface area contributed by atoms with Crippen LogP contribution in [0.4, 0.5) is 23.7 Å². The summed E-state index contributed by atoms with van der Waals surface area (Å²) in [6, 6.07) is 8.38. The first-order valence-electron chi connectivity index (χ1n) is 12.2. The number of benzene rings is 2. The van der Waals surface area contributed by atoms with E-state index in [9.17, 15) is 27.6 Å². The molecule has 1 fully saturated rings. The summed E-state index contributed by atoms with van der Waals surface area (Å²) in [5.41, 5.74) is 3.40. The fraction of sp³-hybridized carbons (Fsp3) is 0.385. The Bertz CT molecular complexity index is 1410. The number of nitrogens with one attached hydrogen (secondary N) is 1. The number of amides is 2. The van der Waals surface area contributed by atoms with Crippen molar-refractivity contribution in [2.24, 2.45) is 0 Å². The first-order valence-corrected chi connectivity index (χ1v) is 12.2. The van der Waals surface area contributed by atoms with Gasteiger partial charge in [0.05, 0.1) is 30.0 Å². The minimum absolute atomic E-state index is 0.0957. The van der Waals surface area contributed by atoms with Crippen LogP contribution in [0.1, 0.15) is 52.7 Å². The molecule has 5 rings (SSSR count). The molecule has 1 N–H and O–H groups in total. The Kier molecular flexibility index (Phi) is 6.59. The first-order chi connectivity index (χ1) is 18.0. The molecule has 0 saturated heterocycles. The van der Waals surface area contributed by atoms with Crippen LogP contribution in [0.5, 0.6) is 0 Å². The fourth-order valence-corrected chi connectivity index (χ4v) is 4.94. The number of alkyl halides is 3. The summed E-state index contributed by atoms with van der Waals surface area (Å²) >= 11 is 0. The van der Waals surface area contributed by atoms with Crippen LogP contribution in [0.15, 0.2) is 42.6 Å². The van der Waals surface area contributed by atoms with Crippen molar-refractivity contribution in [2.75, 3.05) is 26.0 Å². The zero-order chi connectivity index (χ0) is 27.2. The van der Waals surface area contributed by atoms with E-state index in [-0.39, 0.29) is 18.1 Å². The van der Waals surface area contributed by atoms with Gasteiger partial charge in [0, 0.05) is 5.39 Å². The van der Waals surface area contributed by atoms with E-state index in [1.807, 2.05) is 12.1 Å². The third kappa shape index (κ3) is 4.95. The van der Waals surface area contributed by atoms with Gasteiger partial charge in [0.1, 0.15) is 0 Å². The molecule has 1 saturated carbocycles. The van der Waals surface area contributed by atoms with Crippen LogP contribution in [0.25, 0.3) is 10.9 Å². The molecular weight excluding hydrogens is 503 g/mol. The third-order valence-corrected chi connectivity index (χ3v) is 6.73. The molecule has 12 heteroatoms. The van der Waals surface area contributed by atoms with Gasteiger partial charge in [-0.05, 0) is 74.5 Å². The quantitative estimate of drug-likeness (QED) is 0.483. The van der Waals surface area contributed by atoms with Crippen LogP contribution in [0.3, 0.4) is 0 Å². The maximum atomic E-state index is 13.4. The summed E-state index contributed by atoms with van der Waals surface area (Å²) in [5, 5.41) is 7.57. The molecule has 1 aromatic heterocycles. The van der Waals surface area contributed by atoms with Crippen LogP contribution in [-0.2, 0) is 16.1 Å². The lowest BCUT2D eigenvalue weighted by atomic mass is 9.99. The molecule has 0 bridgehead atoms. The van der Waals surface area contributed by atoms with Gasteiger partial charge in [0.15, 0.2) is 0 Å². The SMILES string of the molecule is CN(C)CC(=O)n1ncc2c(NC(=O)N(OC(=O)C(F)(F)F)C3CCc4c(C5CC5)cccc43)cccc21. The van der Waals surface area contributed by atoms with E-state index in [0.717, 1.165) is 24.0 Å². The number of carbonyl (C=O) groups is 3. The van der Waals surface area contributed by atoms with E-state index in [2.05, 4.69) is 15.3 Å². The van der Waals surface area contributed by atoms with Gasteiger partial charge in [0.2, 0.25) is 0 Å². The molecule has 1 atom stereocenters. The lowest BCUT2D eigenvalue weighted by molar-refractivity contribution is -0.233. The number of carbonyl (C=O) groups excluding carboxylic acids is 3. The summed E-state index contributed by atoms with van der Waals surface area (Å²) < 4.78 is 40.7.